The molecule has 2 aromatic rings. The lowest BCUT2D eigenvalue weighted by Crippen LogP contribution is -2.55. The van der Waals surface area contributed by atoms with E-state index in [0.29, 0.717) is 27.5 Å². The van der Waals surface area contributed by atoms with E-state index >= 15 is 0 Å². The third-order valence-corrected chi connectivity index (χ3v) is 8.30. The van der Waals surface area contributed by atoms with Crippen molar-refractivity contribution in [1.29, 1.82) is 0 Å². The second kappa shape index (κ2) is 11.6. The van der Waals surface area contributed by atoms with Crippen LogP contribution in [0.1, 0.15) is 47.1 Å². The highest BCUT2D eigenvalue weighted by Crippen LogP contribution is 2.26. The number of benzene rings is 1. The number of likely N-dealkylation sites (tertiary alicyclic amines) is 2. The van der Waals surface area contributed by atoms with Crippen molar-refractivity contribution in [2.75, 3.05) is 45.1 Å². The van der Waals surface area contributed by atoms with E-state index in [1.807, 2.05) is 12.1 Å². The summed E-state index contributed by atoms with van der Waals surface area (Å²) in [6, 6.07) is 6.70. The molecule has 3 atom stereocenters. The maximum atomic E-state index is 13.3. The SMILES string of the molecule is CC(=O)c1sc(NC(=O)N[C@@H]2CCN(C)C[C@H]2CN2CCCC(Cc3ccc(F)cc3)C2)nc1C. The maximum Gasteiger partial charge on any atom is 0.321 e. The molecular formula is C26H36FN5O2S. The largest absolute Gasteiger partial charge is 0.335 e. The van der Waals surface area contributed by atoms with Crippen LogP contribution in [0.3, 0.4) is 0 Å². The highest BCUT2D eigenvalue weighted by molar-refractivity contribution is 7.17. The van der Waals surface area contributed by atoms with Crippen LogP contribution in [0, 0.1) is 24.6 Å². The molecule has 0 aliphatic carbocycles. The Hall–Kier alpha value is -2.36. The van der Waals surface area contributed by atoms with Gasteiger partial charge >= 0.3 is 6.03 Å². The first-order valence-corrected chi connectivity index (χ1v) is 13.3. The molecule has 2 aliphatic rings. The summed E-state index contributed by atoms with van der Waals surface area (Å²) in [5.41, 5.74) is 1.84. The number of aromatic nitrogens is 1. The number of rotatable bonds is 7. The number of aryl methyl sites for hydroxylation is 1. The zero-order valence-electron chi connectivity index (χ0n) is 20.8. The molecule has 1 aromatic heterocycles. The molecule has 190 valence electrons. The van der Waals surface area contributed by atoms with E-state index in [1.54, 1.807) is 19.1 Å². The molecule has 0 radical (unpaired) electrons. The zero-order chi connectivity index (χ0) is 24.9. The lowest BCUT2D eigenvalue weighted by Gasteiger charge is -2.41. The van der Waals surface area contributed by atoms with Gasteiger partial charge in [0.05, 0.1) is 10.6 Å². The van der Waals surface area contributed by atoms with Gasteiger partial charge < -0.3 is 15.1 Å². The van der Waals surface area contributed by atoms with Crippen molar-refractivity contribution in [3.8, 4) is 0 Å². The Labute approximate surface area is 211 Å². The lowest BCUT2D eigenvalue weighted by molar-refractivity contribution is 0.0958. The number of thiazole rings is 1. The van der Waals surface area contributed by atoms with Crippen molar-refractivity contribution in [3.05, 3.63) is 46.2 Å². The van der Waals surface area contributed by atoms with Crippen LogP contribution in [0.15, 0.2) is 24.3 Å². The Morgan fingerprint density at radius 3 is 2.66 bits per heavy atom. The van der Waals surface area contributed by atoms with E-state index in [9.17, 15) is 14.0 Å². The number of carbonyl (C=O) groups is 2. The molecule has 2 fully saturated rings. The van der Waals surface area contributed by atoms with E-state index in [-0.39, 0.29) is 23.7 Å². The summed E-state index contributed by atoms with van der Waals surface area (Å²) in [4.78, 5) is 34.3. The fourth-order valence-corrected chi connectivity index (χ4v) is 6.29. The Morgan fingerprint density at radius 2 is 1.94 bits per heavy atom. The molecule has 1 aromatic carbocycles. The van der Waals surface area contributed by atoms with Crippen LogP contribution in [0.4, 0.5) is 14.3 Å². The molecule has 2 amide bonds. The van der Waals surface area contributed by atoms with E-state index in [1.165, 1.54) is 30.2 Å². The van der Waals surface area contributed by atoms with Crippen LogP contribution in [-0.4, -0.2) is 72.4 Å². The average Bonchev–Trinajstić information content (AvgIpc) is 3.17. The van der Waals surface area contributed by atoms with Gasteiger partial charge in [-0.25, -0.2) is 14.2 Å². The molecule has 3 heterocycles. The van der Waals surface area contributed by atoms with Crippen molar-refractivity contribution < 1.29 is 14.0 Å². The summed E-state index contributed by atoms with van der Waals surface area (Å²) >= 11 is 1.22. The van der Waals surface area contributed by atoms with Crippen LogP contribution in [0.25, 0.3) is 0 Å². The van der Waals surface area contributed by atoms with Crippen LogP contribution in [0.2, 0.25) is 0 Å². The van der Waals surface area contributed by atoms with Crippen molar-refractivity contribution in [2.24, 2.45) is 11.8 Å². The van der Waals surface area contributed by atoms with Gasteiger partial charge in [0.2, 0.25) is 0 Å². The highest BCUT2D eigenvalue weighted by Gasteiger charge is 2.32. The van der Waals surface area contributed by atoms with E-state index in [4.69, 9.17) is 0 Å². The third-order valence-electron chi connectivity index (χ3n) is 7.12. The Kier molecular flexibility index (Phi) is 8.51. The molecule has 35 heavy (non-hydrogen) atoms. The minimum Gasteiger partial charge on any atom is -0.335 e. The molecule has 7 nitrogen and oxygen atoms in total. The van der Waals surface area contributed by atoms with Gasteiger partial charge in [0, 0.05) is 38.5 Å². The number of Topliss-reactive ketones (excluding diaryl/α,β-unsaturated/α-hetero) is 1. The molecule has 2 N–H and O–H groups in total. The molecule has 4 rings (SSSR count). The van der Waals surface area contributed by atoms with Crippen molar-refractivity contribution in [1.82, 2.24) is 20.1 Å². The first-order valence-electron chi connectivity index (χ1n) is 12.5. The topological polar surface area (TPSA) is 77.6 Å². The van der Waals surface area contributed by atoms with Crippen LogP contribution >= 0.6 is 11.3 Å². The van der Waals surface area contributed by atoms with Crippen LogP contribution in [0.5, 0.6) is 0 Å². The first kappa shape index (κ1) is 25.7. The molecule has 0 bridgehead atoms. The zero-order valence-corrected chi connectivity index (χ0v) is 21.7. The number of piperidine rings is 2. The van der Waals surface area contributed by atoms with Gasteiger partial charge in [-0.3, -0.25) is 10.1 Å². The number of ketones is 1. The summed E-state index contributed by atoms with van der Waals surface area (Å²) in [6.45, 7) is 8.23. The highest BCUT2D eigenvalue weighted by atomic mass is 32.1. The minimum absolute atomic E-state index is 0.0388. The molecule has 0 spiro atoms. The number of nitrogens with zero attached hydrogens (tertiary/aromatic N) is 3. The summed E-state index contributed by atoms with van der Waals surface area (Å²) in [6.07, 6.45) is 4.23. The monoisotopic (exact) mass is 501 g/mol. The molecule has 9 heteroatoms. The van der Waals surface area contributed by atoms with Gasteiger partial charge in [-0.05, 0) is 76.4 Å². The molecule has 0 saturated carbocycles. The van der Waals surface area contributed by atoms with Crippen LogP contribution in [-0.2, 0) is 6.42 Å². The third kappa shape index (κ3) is 7.08. The molecule has 2 aliphatic heterocycles. The molecule has 1 unspecified atom stereocenters. The number of urea groups is 1. The van der Waals surface area contributed by atoms with Gasteiger partial charge in [-0.15, -0.1) is 0 Å². The summed E-state index contributed by atoms with van der Waals surface area (Å²) in [7, 11) is 2.14. The predicted molar refractivity (Wildman–Crippen MR) is 138 cm³/mol. The maximum absolute atomic E-state index is 13.3. The average molecular weight is 502 g/mol. The molecule has 2 saturated heterocycles. The number of carbonyl (C=O) groups excluding carboxylic acids is 2. The quantitative estimate of drug-likeness (QED) is 0.557. The number of anilines is 1. The standard InChI is InChI=1S/C26H36FN5O2S/c1-17-24(18(2)33)35-26(28-17)30-25(34)29-23-10-12-31(3)15-21(23)16-32-11-4-5-20(14-32)13-19-6-8-22(27)9-7-19/h6-9,20-21,23H,4-5,10-16H2,1-3H3,(H2,28,29,30,34)/t20?,21-,23+/m0/s1. The number of halogens is 1. The van der Waals surface area contributed by atoms with Gasteiger partial charge in [0.25, 0.3) is 0 Å². The van der Waals surface area contributed by atoms with Gasteiger partial charge in [0.15, 0.2) is 10.9 Å². The van der Waals surface area contributed by atoms with Gasteiger partial charge in [-0.1, -0.05) is 23.5 Å². The fraction of sp³-hybridized carbons (Fsp3) is 0.577. The van der Waals surface area contributed by atoms with Crippen molar-refractivity contribution in [3.63, 3.8) is 0 Å². The second-order valence-corrected chi connectivity index (χ2v) is 11.1. The number of nitrogens with one attached hydrogen (secondary N) is 2. The number of hydrogen-bond donors (Lipinski definition) is 2. The predicted octanol–water partition coefficient (Wildman–Crippen LogP) is 4.19. The molecular weight excluding hydrogens is 465 g/mol. The van der Waals surface area contributed by atoms with E-state index in [0.717, 1.165) is 52.0 Å². The van der Waals surface area contributed by atoms with Crippen molar-refractivity contribution in [2.45, 2.75) is 45.6 Å². The normalized spacial score (nSPS) is 23.7. The lowest BCUT2D eigenvalue weighted by atomic mass is 9.88. The van der Waals surface area contributed by atoms with Crippen LogP contribution < -0.4 is 10.6 Å². The van der Waals surface area contributed by atoms with Crippen molar-refractivity contribution >= 4 is 28.3 Å². The van der Waals surface area contributed by atoms with E-state index in [2.05, 4.69) is 32.5 Å². The van der Waals surface area contributed by atoms with Gasteiger partial charge in [-0.2, -0.15) is 0 Å². The number of amides is 2. The van der Waals surface area contributed by atoms with E-state index < -0.39 is 0 Å². The Balaban J connectivity index is 1.33. The Bertz CT molecular complexity index is 1030. The Morgan fingerprint density at radius 1 is 1.17 bits per heavy atom. The minimum atomic E-state index is -0.263. The fourth-order valence-electron chi connectivity index (χ4n) is 5.44. The van der Waals surface area contributed by atoms with Gasteiger partial charge in [0.1, 0.15) is 5.82 Å². The summed E-state index contributed by atoms with van der Waals surface area (Å²) in [5.74, 6) is 0.666. The smallest absolute Gasteiger partial charge is 0.321 e. The second-order valence-electron chi connectivity index (χ2n) is 10.1. The number of hydrogen-bond acceptors (Lipinski definition) is 6. The first-order chi connectivity index (χ1) is 16.8. The summed E-state index contributed by atoms with van der Waals surface area (Å²) in [5, 5.41) is 6.47. The summed E-state index contributed by atoms with van der Waals surface area (Å²) < 4.78 is 13.3.